The van der Waals surface area contributed by atoms with E-state index in [1.165, 1.54) is 0 Å². The van der Waals surface area contributed by atoms with Crippen LogP contribution in [-0.4, -0.2) is 9.97 Å². The molecule has 0 aliphatic heterocycles. The first kappa shape index (κ1) is 10.8. The predicted molar refractivity (Wildman–Crippen MR) is 69.9 cm³/mol. The van der Waals surface area contributed by atoms with E-state index in [2.05, 4.69) is 32.6 Å². The standard InChI is InChI=1S/C11H8ClIN2/c1-7-4-8(12)2-3-9(7)10-5-15-11(13)6-14-10/h2-6H,1H3. The van der Waals surface area contributed by atoms with Gasteiger partial charge in [0.15, 0.2) is 0 Å². The smallest absolute Gasteiger partial charge is 0.119 e. The molecular weight excluding hydrogens is 322 g/mol. The third-order valence-electron chi connectivity index (χ3n) is 2.08. The fraction of sp³-hybridized carbons (Fsp3) is 0.0909. The van der Waals surface area contributed by atoms with Gasteiger partial charge in [-0.15, -0.1) is 0 Å². The molecule has 0 saturated carbocycles. The number of aryl methyl sites for hydroxylation is 1. The van der Waals surface area contributed by atoms with Crippen LogP contribution in [0.3, 0.4) is 0 Å². The summed E-state index contributed by atoms with van der Waals surface area (Å²) in [7, 11) is 0. The van der Waals surface area contributed by atoms with Crippen molar-refractivity contribution in [3.8, 4) is 11.3 Å². The van der Waals surface area contributed by atoms with Gasteiger partial charge in [0.1, 0.15) is 3.70 Å². The number of hydrogen-bond donors (Lipinski definition) is 0. The Labute approximate surface area is 107 Å². The van der Waals surface area contributed by atoms with Crippen molar-refractivity contribution >= 4 is 34.2 Å². The van der Waals surface area contributed by atoms with Gasteiger partial charge in [0.2, 0.25) is 0 Å². The second kappa shape index (κ2) is 4.45. The summed E-state index contributed by atoms with van der Waals surface area (Å²) in [5.74, 6) is 0. The van der Waals surface area contributed by atoms with Crippen molar-refractivity contribution in [2.75, 3.05) is 0 Å². The topological polar surface area (TPSA) is 25.8 Å². The monoisotopic (exact) mass is 330 g/mol. The fourth-order valence-corrected chi connectivity index (χ4v) is 1.87. The Morgan fingerprint density at radius 3 is 2.60 bits per heavy atom. The van der Waals surface area contributed by atoms with Crippen molar-refractivity contribution < 1.29 is 0 Å². The molecule has 0 radical (unpaired) electrons. The summed E-state index contributed by atoms with van der Waals surface area (Å²) in [4.78, 5) is 8.54. The van der Waals surface area contributed by atoms with Crippen LogP contribution in [0.1, 0.15) is 5.56 Å². The number of benzene rings is 1. The maximum Gasteiger partial charge on any atom is 0.119 e. The Balaban J connectivity index is 2.49. The van der Waals surface area contributed by atoms with E-state index in [9.17, 15) is 0 Å². The molecule has 0 unspecified atom stereocenters. The quantitative estimate of drug-likeness (QED) is 0.745. The lowest BCUT2D eigenvalue weighted by molar-refractivity contribution is 1.16. The third-order valence-corrected chi connectivity index (χ3v) is 2.88. The van der Waals surface area contributed by atoms with Gasteiger partial charge in [0, 0.05) is 10.6 Å². The minimum atomic E-state index is 0.745. The number of nitrogens with zero attached hydrogens (tertiary/aromatic N) is 2. The van der Waals surface area contributed by atoms with Crippen LogP contribution in [0.25, 0.3) is 11.3 Å². The Morgan fingerprint density at radius 1 is 1.20 bits per heavy atom. The van der Waals surface area contributed by atoms with Crippen LogP contribution in [0, 0.1) is 10.6 Å². The van der Waals surface area contributed by atoms with Crippen LogP contribution in [0.5, 0.6) is 0 Å². The maximum absolute atomic E-state index is 5.89. The van der Waals surface area contributed by atoms with Gasteiger partial charge in [0.05, 0.1) is 18.1 Å². The van der Waals surface area contributed by atoms with Gasteiger partial charge in [0.25, 0.3) is 0 Å². The predicted octanol–water partition coefficient (Wildman–Crippen LogP) is 3.71. The lowest BCUT2D eigenvalue weighted by Crippen LogP contribution is -1.90. The highest BCUT2D eigenvalue weighted by molar-refractivity contribution is 14.1. The molecule has 0 N–H and O–H groups in total. The molecule has 76 valence electrons. The summed E-state index contributed by atoms with van der Waals surface area (Å²) < 4.78 is 0.892. The zero-order chi connectivity index (χ0) is 10.8. The summed E-state index contributed by atoms with van der Waals surface area (Å²) >= 11 is 8.03. The molecule has 1 aromatic heterocycles. The first-order chi connectivity index (χ1) is 7.16. The number of halogens is 2. The van der Waals surface area contributed by atoms with E-state index in [1.54, 1.807) is 12.4 Å². The zero-order valence-electron chi connectivity index (χ0n) is 8.04. The number of rotatable bonds is 1. The molecule has 2 aromatic rings. The van der Waals surface area contributed by atoms with Gasteiger partial charge in [-0.1, -0.05) is 17.7 Å². The van der Waals surface area contributed by atoms with E-state index in [1.807, 2.05) is 25.1 Å². The second-order valence-electron chi connectivity index (χ2n) is 3.18. The van der Waals surface area contributed by atoms with Gasteiger partial charge in [-0.2, -0.15) is 0 Å². The maximum atomic E-state index is 5.89. The van der Waals surface area contributed by atoms with Gasteiger partial charge in [-0.3, -0.25) is 4.98 Å². The fourth-order valence-electron chi connectivity index (χ4n) is 1.37. The summed E-state index contributed by atoms with van der Waals surface area (Å²) in [6.07, 6.45) is 3.53. The summed E-state index contributed by atoms with van der Waals surface area (Å²) in [5, 5.41) is 0.745. The zero-order valence-corrected chi connectivity index (χ0v) is 11.0. The Kier molecular flexibility index (Phi) is 3.21. The minimum absolute atomic E-state index is 0.745. The van der Waals surface area contributed by atoms with Gasteiger partial charge < -0.3 is 0 Å². The van der Waals surface area contributed by atoms with Crippen LogP contribution in [0.4, 0.5) is 0 Å². The molecule has 4 heteroatoms. The third kappa shape index (κ3) is 2.46. The lowest BCUT2D eigenvalue weighted by atomic mass is 10.1. The summed E-state index contributed by atoms with van der Waals surface area (Å²) in [6.45, 7) is 2.01. The largest absolute Gasteiger partial charge is 0.252 e. The first-order valence-corrected chi connectivity index (χ1v) is 5.86. The van der Waals surface area contributed by atoms with Crippen LogP contribution in [0.15, 0.2) is 30.6 Å². The first-order valence-electron chi connectivity index (χ1n) is 4.41. The SMILES string of the molecule is Cc1cc(Cl)ccc1-c1cnc(I)cn1. The van der Waals surface area contributed by atoms with Crippen molar-refractivity contribution in [1.82, 2.24) is 9.97 Å². The molecule has 2 rings (SSSR count). The van der Waals surface area contributed by atoms with E-state index in [0.29, 0.717) is 0 Å². The number of aromatic nitrogens is 2. The van der Waals surface area contributed by atoms with E-state index < -0.39 is 0 Å². The molecule has 0 aliphatic carbocycles. The van der Waals surface area contributed by atoms with Crippen molar-refractivity contribution in [3.63, 3.8) is 0 Å². The van der Waals surface area contributed by atoms with E-state index in [0.717, 1.165) is 25.5 Å². The minimum Gasteiger partial charge on any atom is -0.252 e. The molecule has 0 saturated heterocycles. The Hall–Kier alpha value is -0.680. The highest BCUT2D eigenvalue weighted by atomic mass is 127. The highest BCUT2D eigenvalue weighted by Crippen LogP contribution is 2.23. The van der Waals surface area contributed by atoms with Gasteiger partial charge in [-0.25, -0.2) is 4.98 Å². The molecule has 1 aromatic carbocycles. The summed E-state index contributed by atoms with van der Waals surface area (Å²) in [6, 6.07) is 5.76. The Morgan fingerprint density at radius 2 is 2.00 bits per heavy atom. The van der Waals surface area contributed by atoms with Crippen LogP contribution < -0.4 is 0 Å². The molecule has 0 spiro atoms. The molecule has 0 atom stereocenters. The van der Waals surface area contributed by atoms with Crippen LogP contribution >= 0.6 is 34.2 Å². The number of hydrogen-bond acceptors (Lipinski definition) is 2. The molecule has 0 amide bonds. The average molecular weight is 331 g/mol. The van der Waals surface area contributed by atoms with E-state index in [-0.39, 0.29) is 0 Å². The van der Waals surface area contributed by atoms with Crippen molar-refractivity contribution in [3.05, 3.63) is 44.9 Å². The van der Waals surface area contributed by atoms with Crippen molar-refractivity contribution in [1.29, 1.82) is 0 Å². The van der Waals surface area contributed by atoms with Crippen LogP contribution in [-0.2, 0) is 0 Å². The highest BCUT2D eigenvalue weighted by Gasteiger charge is 2.03. The summed E-state index contributed by atoms with van der Waals surface area (Å²) in [5.41, 5.74) is 3.06. The molecule has 0 aliphatic rings. The Bertz CT molecular complexity index is 482. The normalized spacial score (nSPS) is 10.3. The van der Waals surface area contributed by atoms with E-state index >= 15 is 0 Å². The van der Waals surface area contributed by atoms with Crippen LogP contribution in [0.2, 0.25) is 5.02 Å². The average Bonchev–Trinajstić information content (AvgIpc) is 2.20. The van der Waals surface area contributed by atoms with E-state index in [4.69, 9.17) is 11.6 Å². The molecule has 15 heavy (non-hydrogen) atoms. The molecule has 0 fully saturated rings. The van der Waals surface area contributed by atoms with Gasteiger partial charge in [-0.05, 0) is 47.2 Å². The van der Waals surface area contributed by atoms with Crippen molar-refractivity contribution in [2.45, 2.75) is 6.92 Å². The van der Waals surface area contributed by atoms with Crippen molar-refractivity contribution in [2.24, 2.45) is 0 Å². The lowest BCUT2D eigenvalue weighted by Gasteiger charge is -2.04. The second-order valence-corrected chi connectivity index (χ2v) is 4.73. The molecular formula is C11H8ClIN2. The molecule has 2 nitrogen and oxygen atoms in total. The van der Waals surface area contributed by atoms with Gasteiger partial charge >= 0.3 is 0 Å². The molecule has 0 bridgehead atoms. The molecule has 1 heterocycles.